The van der Waals surface area contributed by atoms with E-state index in [1.165, 1.54) is 16.7 Å². The molecule has 1 aliphatic heterocycles. The lowest BCUT2D eigenvalue weighted by Crippen LogP contribution is -2.38. The fourth-order valence-electron chi connectivity index (χ4n) is 3.81. The molecule has 28 heavy (non-hydrogen) atoms. The van der Waals surface area contributed by atoms with Gasteiger partial charge >= 0.3 is 6.03 Å². The van der Waals surface area contributed by atoms with Crippen molar-refractivity contribution in [2.45, 2.75) is 13.0 Å². The summed E-state index contributed by atoms with van der Waals surface area (Å²) in [6, 6.07) is 18.4. The molecule has 2 amide bonds. The lowest BCUT2D eigenvalue weighted by atomic mass is 9.95. The van der Waals surface area contributed by atoms with Gasteiger partial charge in [-0.1, -0.05) is 42.5 Å². The number of benzene rings is 2. The number of aromatic nitrogens is 2. The van der Waals surface area contributed by atoms with Crippen molar-refractivity contribution in [2.24, 2.45) is 0 Å². The molecule has 5 heteroatoms. The zero-order valence-electron chi connectivity index (χ0n) is 15.4. The number of carbonyl (C=O) groups is 1. The van der Waals surface area contributed by atoms with E-state index in [1.807, 2.05) is 47.6 Å². The van der Waals surface area contributed by atoms with Gasteiger partial charge in [-0.2, -0.15) is 0 Å². The van der Waals surface area contributed by atoms with Gasteiger partial charge in [0.25, 0.3) is 0 Å². The smallest absolute Gasteiger partial charge is 0.322 e. The summed E-state index contributed by atoms with van der Waals surface area (Å²) in [5.74, 6) is 0. The highest BCUT2D eigenvalue weighted by molar-refractivity contribution is 6.01. The largest absolute Gasteiger partial charge is 0.359 e. The van der Waals surface area contributed by atoms with Crippen molar-refractivity contribution in [3.63, 3.8) is 0 Å². The number of anilines is 1. The number of hydrogen-bond acceptors (Lipinski definition) is 2. The number of pyridine rings is 1. The van der Waals surface area contributed by atoms with E-state index in [4.69, 9.17) is 0 Å². The van der Waals surface area contributed by atoms with Crippen molar-refractivity contribution in [2.75, 3.05) is 11.9 Å². The number of carbonyl (C=O) groups excluding carboxylic acids is 1. The van der Waals surface area contributed by atoms with Gasteiger partial charge in [0.05, 0.1) is 5.69 Å². The number of para-hydroxylation sites is 1. The third-order valence-electron chi connectivity index (χ3n) is 5.33. The van der Waals surface area contributed by atoms with Crippen LogP contribution in [0.3, 0.4) is 0 Å². The first-order valence-corrected chi connectivity index (χ1v) is 9.42. The van der Waals surface area contributed by atoms with E-state index in [9.17, 15) is 4.79 Å². The maximum absolute atomic E-state index is 12.8. The van der Waals surface area contributed by atoms with Gasteiger partial charge in [0.1, 0.15) is 0 Å². The Bertz CT molecular complexity index is 1150. The van der Waals surface area contributed by atoms with E-state index in [2.05, 4.69) is 39.6 Å². The molecule has 0 aliphatic carbocycles. The van der Waals surface area contributed by atoms with Gasteiger partial charge in [-0.3, -0.25) is 4.98 Å². The van der Waals surface area contributed by atoms with Crippen molar-refractivity contribution in [1.82, 2.24) is 14.9 Å². The highest BCUT2D eigenvalue weighted by atomic mass is 16.2. The van der Waals surface area contributed by atoms with Crippen LogP contribution < -0.4 is 5.32 Å². The summed E-state index contributed by atoms with van der Waals surface area (Å²) in [6.45, 7) is 1.33. The van der Waals surface area contributed by atoms with E-state index in [1.54, 1.807) is 6.20 Å². The molecule has 4 aromatic rings. The Morgan fingerprint density at radius 2 is 1.96 bits per heavy atom. The van der Waals surface area contributed by atoms with E-state index in [-0.39, 0.29) is 6.03 Å². The predicted molar refractivity (Wildman–Crippen MR) is 111 cm³/mol. The second-order valence-corrected chi connectivity index (χ2v) is 7.07. The first kappa shape index (κ1) is 16.6. The first-order chi connectivity index (χ1) is 13.8. The molecule has 5 nitrogen and oxygen atoms in total. The average Bonchev–Trinajstić information content (AvgIpc) is 3.16. The summed E-state index contributed by atoms with van der Waals surface area (Å²) < 4.78 is 0. The molecule has 0 spiro atoms. The van der Waals surface area contributed by atoms with E-state index < -0.39 is 0 Å². The Labute approximate surface area is 163 Å². The molecule has 1 aliphatic rings. The summed E-state index contributed by atoms with van der Waals surface area (Å²) in [5, 5.41) is 4.07. The van der Waals surface area contributed by atoms with Crippen LogP contribution in [0.5, 0.6) is 0 Å². The third kappa shape index (κ3) is 3.01. The van der Waals surface area contributed by atoms with Crippen molar-refractivity contribution in [3.05, 3.63) is 84.3 Å². The molecule has 138 valence electrons. The second kappa shape index (κ2) is 6.85. The normalized spacial score (nSPS) is 13.4. The molecule has 3 heterocycles. The van der Waals surface area contributed by atoms with Crippen molar-refractivity contribution in [1.29, 1.82) is 0 Å². The maximum atomic E-state index is 12.8. The number of rotatable bonds is 2. The van der Waals surface area contributed by atoms with Crippen LogP contribution in [0.25, 0.3) is 22.0 Å². The van der Waals surface area contributed by atoms with Gasteiger partial charge in [0, 0.05) is 42.6 Å². The van der Waals surface area contributed by atoms with Crippen molar-refractivity contribution >= 4 is 22.6 Å². The molecule has 5 rings (SSSR count). The number of hydrogen-bond donors (Lipinski definition) is 2. The van der Waals surface area contributed by atoms with Gasteiger partial charge in [0.15, 0.2) is 0 Å². The van der Waals surface area contributed by atoms with Crippen LogP contribution in [-0.4, -0.2) is 27.4 Å². The fourth-order valence-corrected chi connectivity index (χ4v) is 3.81. The van der Waals surface area contributed by atoms with Crippen molar-refractivity contribution < 1.29 is 4.79 Å². The minimum atomic E-state index is -0.0632. The van der Waals surface area contributed by atoms with E-state index >= 15 is 0 Å². The SMILES string of the molecule is O=C(Nc1c[nH]c2ccccc12)N1CCc2cc(-c3cccnc3)ccc2C1. The topological polar surface area (TPSA) is 61.0 Å². The van der Waals surface area contributed by atoms with E-state index in [0.29, 0.717) is 13.1 Å². The van der Waals surface area contributed by atoms with Gasteiger partial charge in [0.2, 0.25) is 0 Å². The van der Waals surface area contributed by atoms with Crippen LogP contribution in [0.4, 0.5) is 10.5 Å². The molecular formula is C23H20N4O. The molecule has 0 unspecified atom stereocenters. The quantitative estimate of drug-likeness (QED) is 0.533. The lowest BCUT2D eigenvalue weighted by Gasteiger charge is -2.29. The van der Waals surface area contributed by atoms with Gasteiger partial charge < -0.3 is 15.2 Å². The molecule has 0 saturated carbocycles. The van der Waals surface area contributed by atoms with Gasteiger partial charge in [-0.25, -0.2) is 4.79 Å². The fraction of sp³-hybridized carbons (Fsp3) is 0.130. The molecule has 0 radical (unpaired) electrons. The number of urea groups is 1. The number of nitrogens with zero attached hydrogens (tertiary/aromatic N) is 2. The maximum Gasteiger partial charge on any atom is 0.322 e. The van der Waals surface area contributed by atoms with Gasteiger partial charge in [-0.05, 0) is 40.8 Å². The summed E-state index contributed by atoms with van der Waals surface area (Å²) in [6.07, 6.45) is 6.36. The van der Waals surface area contributed by atoms with Crippen LogP contribution in [0.1, 0.15) is 11.1 Å². The number of nitrogens with one attached hydrogen (secondary N) is 2. The van der Waals surface area contributed by atoms with E-state index in [0.717, 1.165) is 28.6 Å². The van der Waals surface area contributed by atoms with Crippen LogP contribution in [0.2, 0.25) is 0 Å². The summed E-state index contributed by atoms with van der Waals surface area (Å²) in [4.78, 5) is 22.1. The average molecular weight is 368 g/mol. The Kier molecular flexibility index (Phi) is 4.05. The van der Waals surface area contributed by atoms with Crippen LogP contribution >= 0.6 is 0 Å². The molecule has 2 aromatic carbocycles. The van der Waals surface area contributed by atoms with Crippen LogP contribution in [0.15, 0.2) is 73.2 Å². The highest BCUT2D eigenvalue weighted by Crippen LogP contribution is 2.27. The number of fused-ring (bicyclic) bond motifs is 2. The van der Waals surface area contributed by atoms with Crippen molar-refractivity contribution in [3.8, 4) is 11.1 Å². The summed E-state index contributed by atoms with van der Waals surface area (Å²) >= 11 is 0. The monoisotopic (exact) mass is 368 g/mol. The Hall–Kier alpha value is -3.60. The minimum Gasteiger partial charge on any atom is -0.359 e. The highest BCUT2D eigenvalue weighted by Gasteiger charge is 2.21. The predicted octanol–water partition coefficient (Wildman–Crippen LogP) is 4.82. The Morgan fingerprint density at radius 3 is 2.86 bits per heavy atom. The zero-order chi connectivity index (χ0) is 18.9. The first-order valence-electron chi connectivity index (χ1n) is 9.42. The molecule has 0 fully saturated rings. The Morgan fingerprint density at radius 1 is 1.04 bits per heavy atom. The molecule has 2 N–H and O–H groups in total. The third-order valence-corrected chi connectivity index (χ3v) is 5.33. The molecule has 2 aromatic heterocycles. The molecular weight excluding hydrogens is 348 g/mol. The number of amides is 2. The number of aromatic amines is 1. The van der Waals surface area contributed by atoms with Crippen LogP contribution in [-0.2, 0) is 13.0 Å². The van der Waals surface area contributed by atoms with Gasteiger partial charge in [-0.15, -0.1) is 0 Å². The standard InChI is InChI=1S/C23H20N4O/c28-23(26-22-14-25-21-6-2-1-5-20(21)22)27-11-9-17-12-16(7-8-19(17)15-27)18-4-3-10-24-13-18/h1-8,10,12-14,25H,9,11,15H2,(H,26,28). The molecule has 0 saturated heterocycles. The lowest BCUT2D eigenvalue weighted by molar-refractivity contribution is 0.206. The second-order valence-electron chi connectivity index (χ2n) is 7.07. The van der Waals surface area contributed by atoms with Crippen LogP contribution in [0, 0.1) is 0 Å². The zero-order valence-corrected chi connectivity index (χ0v) is 15.4. The summed E-state index contributed by atoms with van der Waals surface area (Å²) in [5.41, 5.74) is 6.63. The molecule has 0 atom stereocenters. The summed E-state index contributed by atoms with van der Waals surface area (Å²) in [7, 11) is 0. The number of H-pyrrole nitrogens is 1. The molecule has 0 bridgehead atoms. The Balaban J connectivity index is 1.33. The minimum absolute atomic E-state index is 0.0632.